The van der Waals surface area contributed by atoms with Crippen LogP contribution in [0.1, 0.15) is 27.7 Å². The molecule has 1 aromatic heterocycles. The second kappa shape index (κ2) is 5.30. The Bertz CT molecular complexity index is 509. The fourth-order valence-corrected chi connectivity index (χ4v) is 1.91. The second-order valence-electron chi connectivity index (χ2n) is 4.95. The summed E-state index contributed by atoms with van der Waals surface area (Å²) in [5.74, 6) is 0.759. The van der Waals surface area contributed by atoms with E-state index in [2.05, 4.69) is 11.6 Å². The number of hydrogen-bond acceptors (Lipinski definition) is 5. The van der Waals surface area contributed by atoms with Crippen LogP contribution in [0.25, 0.3) is 0 Å². The predicted octanol–water partition coefficient (Wildman–Crippen LogP) is 2.38. The molecule has 0 aromatic carbocycles. The maximum absolute atomic E-state index is 11.9. The number of pyridine rings is 1. The first-order chi connectivity index (χ1) is 8.71. The predicted molar refractivity (Wildman–Crippen MR) is 77.3 cm³/mol. The zero-order chi connectivity index (χ0) is 14.8. The normalized spacial score (nSPS) is 11.0. The summed E-state index contributed by atoms with van der Waals surface area (Å²) in [7, 11) is 1.52. The maximum Gasteiger partial charge on any atom is 0.239 e. The van der Waals surface area contributed by atoms with Gasteiger partial charge in [0, 0.05) is 5.70 Å². The molecule has 1 heterocycles. The summed E-state index contributed by atoms with van der Waals surface area (Å²) in [5, 5.41) is 0. The van der Waals surface area contributed by atoms with Gasteiger partial charge in [0.1, 0.15) is 11.5 Å². The molecule has 0 aliphatic rings. The lowest BCUT2D eigenvalue weighted by molar-refractivity contribution is -0.120. The lowest BCUT2D eigenvalue weighted by Crippen LogP contribution is -2.48. The van der Waals surface area contributed by atoms with Crippen LogP contribution in [0.3, 0.4) is 0 Å². The van der Waals surface area contributed by atoms with Gasteiger partial charge in [-0.3, -0.25) is 4.79 Å². The fraction of sp³-hybridized carbons (Fsp3) is 0.429. The summed E-state index contributed by atoms with van der Waals surface area (Å²) in [4.78, 5) is 17.8. The zero-order valence-corrected chi connectivity index (χ0v) is 12.2. The van der Waals surface area contributed by atoms with Gasteiger partial charge < -0.3 is 15.4 Å². The van der Waals surface area contributed by atoms with E-state index in [0.29, 0.717) is 17.4 Å². The largest absolute Gasteiger partial charge is 0.479 e. The highest BCUT2D eigenvalue weighted by molar-refractivity contribution is 5.90. The Morgan fingerprint density at radius 2 is 2.00 bits per heavy atom. The molecule has 19 heavy (non-hydrogen) atoms. The molecule has 0 aliphatic heterocycles. The lowest BCUT2D eigenvalue weighted by atomic mass is 9.96. The van der Waals surface area contributed by atoms with Gasteiger partial charge in [0.15, 0.2) is 5.78 Å². The molecule has 2 N–H and O–H groups in total. The number of nitrogens with zero attached hydrogens (tertiary/aromatic N) is 2. The molecule has 0 radical (unpaired) electrons. The number of hydrogen-bond donors (Lipinski definition) is 1. The number of carbonyl (C=O) groups is 1. The van der Waals surface area contributed by atoms with Crippen molar-refractivity contribution in [3.8, 4) is 5.88 Å². The number of aromatic nitrogens is 1. The van der Waals surface area contributed by atoms with Gasteiger partial charge in [-0.1, -0.05) is 6.58 Å². The lowest BCUT2D eigenvalue weighted by Gasteiger charge is -2.39. The number of rotatable bonds is 5. The first-order valence-electron chi connectivity index (χ1n) is 5.99. The molecule has 0 atom stereocenters. The number of ketones is 1. The van der Waals surface area contributed by atoms with Crippen molar-refractivity contribution in [2.75, 3.05) is 17.7 Å². The Labute approximate surface area is 114 Å². The Hall–Kier alpha value is -2.04. The number of ether oxygens (including phenoxy) is 1. The van der Waals surface area contributed by atoms with Gasteiger partial charge in [0.2, 0.25) is 5.88 Å². The third-order valence-corrected chi connectivity index (χ3v) is 3.10. The number of Topliss-reactive ketones (excluding diaryl/α,β-unsaturated/α-hetero) is 1. The maximum atomic E-state index is 11.9. The van der Waals surface area contributed by atoms with Crippen LogP contribution in [-0.2, 0) is 4.79 Å². The van der Waals surface area contributed by atoms with Crippen molar-refractivity contribution in [3.63, 3.8) is 0 Å². The van der Waals surface area contributed by atoms with Gasteiger partial charge >= 0.3 is 0 Å². The minimum Gasteiger partial charge on any atom is -0.479 e. The minimum atomic E-state index is -0.739. The van der Waals surface area contributed by atoms with E-state index in [4.69, 9.17) is 10.5 Å². The number of carbonyl (C=O) groups excluding carboxylic acids is 1. The fourth-order valence-electron chi connectivity index (χ4n) is 1.91. The molecule has 0 amide bonds. The van der Waals surface area contributed by atoms with Crippen LogP contribution in [-0.4, -0.2) is 23.4 Å². The van der Waals surface area contributed by atoms with E-state index < -0.39 is 5.54 Å². The summed E-state index contributed by atoms with van der Waals surface area (Å²) < 4.78 is 5.25. The Morgan fingerprint density at radius 1 is 1.42 bits per heavy atom. The topological polar surface area (TPSA) is 68.4 Å². The van der Waals surface area contributed by atoms with E-state index in [1.807, 2.05) is 20.8 Å². The van der Waals surface area contributed by atoms with Crippen LogP contribution in [0.15, 0.2) is 24.4 Å². The summed E-state index contributed by atoms with van der Waals surface area (Å²) in [5.41, 5.74) is 6.31. The molecule has 0 saturated heterocycles. The number of nitrogen functional groups attached to an aromatic ring is 1. The molecular weight excluding hydrogens is 242 g/mol. The van der Waals surface area contributed by atoms with E-state index in [9.17, 15) is 4.79 Å². The molecule has 5 nitrogen and oxygen atoms in total. The molecule has 0 saturated carbocycles. The molecule has 1 aromatic rings. The van der Waals surface area contributed by atoms with Gasteiger partial charge in [0.05, 0.1) is 12.6 Å². The molecular formula is C14H21N3O2. The summed E-state index contributed by atoms with van der Waals surface area (Å²) in [6.45, 7) is 11.0. The Kier molecular flexibility index (Phi) is 4.19. The van der Waals surface area contributed by atoms with Crippen LogP contribution < -0.4 is 15.4 Å². The first kappa shape index (κ1) is 15.0. The van der Waals surface area contributed by atoms with E-state index in [1.165, 1.54) is 7.11 Å². The van der Waals surface area contributed by atoms with Crippen molar-refractivity contribution >= 4 is 17.3 Å². The average Bonchev–Trinajstić information content (AvgIpc) is 2.30. The Morgan fingerprint density at radius 3 is 2.42 bits per heavy atom. The van der Waals surface area contributed by atoms with Crippen LogP contribution in [0.2, 0.25) is 0 Å². The second-order valence-corrected chi connectivity index (χ2v) is 4.95. The highest BCUT2D eigenvalue weighted by atomic mass is 16.5. The molecule has 0 unspecified atom stereocenters. The van der Waals surface area contributed by atoms with Crippen molar-refractivity contribution in [2.24, 2.45) is 0 Å². The van der Waals surface area contributed by atoms with Gasteiger partial charge in [0.25, 0.3) is 0 Å². The molecule has 104 valence electrons. The van der Waals surface area contributed by atoms with E-state index in [0.717, 1.165) is 5.70 Å². The van der Waals surface area contributed by atoms with Crippen molar-refractivity contribution in [2.45, 2.75) is 33.2 Å². The Balaban J connectivity index is 3.44. The highest BCUT2D eigenvalue weighted by Gasteiger charge is 2.34. The van der Waals surface area contributed by atoms with Crippen molar-refractivity contribution in [3.05, 3.63) is 24.4 Å². The van der Waals surface area contributed by atoms with Crippen LogP contribution >= 0.6 is 0 Å². The van der Waals surface area contributed by atoms with Gasteiger partial charge in [-0.05, 0) is 39.8 Å². The molecule has 0 aliphatic carbocycles. The third-order valence-electron chi connectivity index (χ3n) is 3.10. The molecule has 5 heteroatoms. The van der Waals surface area contributed by atoms with Crippen molar-refractivity contribution in [1.29, 1.82) is 0 Å². The third kappa shape index (κ3) is 2.86. The number of allylic oxidation sites excluding steroid dienone is 1. The van der Waals surface area contributed by atoms with Crippen LogP contribution in [0, 0.1) is 0 Å². The minimum absolute atomic E-state index is 0.0226. The average molecular weight is 263 g/mol. The molecule has 1 rings (SSSR count). The van der Waals surface area contributed by atoms with Crippen molar-refractivity contribution in [1.82, 2.24) is 4.98 Å². The number of nitrogens with two attached hydrogens (primary N) is 1. The molecule has 0 bridgehead atoms. The van der Waals surface area contributed by atoms with Crippen LogP contribution in [0.5, 0.6) is 5.88 Å². The van der Waals surface area contributed by atoms with Gasteiger partial charge in [-0.2, -0.15) is 4.98 Å². The van der Waals surface area contributed by atoms with Gasteiger partial charge in [-0.25, -0.2) is 0 Å². The van der Waals surface area contributed by atoms with E-state index >= 15 is 0 Å². The van der Waals surface area contributed by atoms with Crippen LogP contribution in [0.4, 0.5) is 11.5 Å². The monoisotopic (exact) mass is 263 g/mol. The summed E-state index contributed by atoms with van der Waals surface area (Å²) in [6, 6.07) is 3.45. The number of anilines is 2. The summed E-state index contributed by atoms with van der Waals surface area (Å²) >= 11 is 0. The zero-order valence-electron chi connectivity index (χ0n) is 12.2. The first-order valence-corrected chi connectivity index (χ1v) is 5.99. The summed E-state index contributed by atoms with van der Waals surface area (Å²) in [6.07, 6.45) is 0. The van der Waals surface area contributed by atoms with Gasteiger partial charge in [-0.15, -0.1) is 0 Å². The highest BCUT2D eigenvalue weighted by Crippen LogP contribution is 2.35. The van der Waals surface area contributed by atoms with E-state index in [-0.39, 0.29) is 5.78 Å². The SMILES string of the molecule is C=C(C)N(c1ccc(N)nc1OC)C(C)(C)C(C)=O. The van der Waals surface area contributed by atoms with E-state index in [1.54, 1.807) is 24.0 Å². The molecule has 0 fully saturated rings. The quantitative estimate of drug-likeness (QED) is 0.883. The number of methoxy groups -OCH3 is 1. The smallest absolute Gasteiger partial charge is 0.239 e. The molecule has 0 spiro atoms. The van der Waals surface area contributed by atoms with Crippen molar-refractivity contribution < 1.29 is 9.53 Å². The standard InChI is InChI=1S/C14H21N3O2/c1-9(2)17(14(4,5)10(3)18)11-7-8-12(15)16-13(11)19-6/h7-8H,1H2,2-6H3,(H2,15,16).